The minimum absolute atomic E-state index is 0.0218. The number of aromatic nitrogens is 2. The van der Waals surface area contributed by atoms with Crippen molar-refractivity contribution in [2.45, 2.75) is 19.3 Å². The van der Waals surface area contributed by atoms with Crippen molar-refractivity contribution in [2.24, 2.45) is 0 Å². The number of nitrogens with one attached hydrogen (secondary N) is 1. The van der Waals surface area contributed by atoms with Crippen LogP contribution in [0.25, 0.3) is 10.7 Å². The second-order valence-electron chi connectivity index (χ2n) is 5.90. The van der Waals surface area contributed by atoms with Gasteiger partial charge in [0.1, 0.15) is 10.8 Å². The fourth-order valence-corrected chi connectivity index (χ4v) is 3.32. The molecule has 0 fully saturated rings. The van der Waals surface area contributed by atoms with E-state index >= 15 is 0 Å². The molecule has 27 heavy (non-hydrogen) atoms. The summed E-state index contributed by atoms with van der Waals surface area (Å²) < 4.78 is 5.62. The quantitative estimate of drug-likeness (QED) is 0.540. The molecule has 1 aromatic carbocycles. The molecule has 0 saturated heterocycles. The summed E-state index contributed by atoms with van der Waals surface area (Å²) in [7, 11) is 0. The zero-order valence-electron chi connectivity index (χ0n) is 14.7. The summed E-state index contributed by atoms with van der Waals surface area (Å²) in [5, 5.41) is 6.35. The number of benzene rings is 1. The van der Waals surface area contributed by atoms with E-state index in [-0.39, 0.29) is 12.3 Å². The third-order valence-electron chi connectivity index (χ3n) is 3.75. The summed E-state index contributed by atoms with van der Waals surface area (Å²) in [6.07, 6.45) is 3.74. The van der Waals surface area contributed by atoms with Gasteiger partial charge < -0.3 is 10.1 Å². The van der Waals surface area contributed by atoms with Crippen LogP contribution in [-0.4, -0.2) is 29.0 Å². The lowest BCUT2D eigenvalue weighted by Gasteiger charge is -2.07. The van der Waals surface area contributed by atoms with Crippen molar-refractivity contribution in [2.75, 3.05) is 13.2 Å². The van der Waals surface area contributed by atoms with Gasteiger partial charge in [0.15, 0.2) is 0 Å². The van der Waals surface area contributed by atoms with Crippen molar-refractivity contribution in [3.63, 3.8) is 0 Å². The topological polar surface area (TPSA) is 64.1 Å². The normalized spacial score (nSPS) is 10.6. The largest absolute Gasteiger partial charge is 0.494 e. The number of thiazole rings is 1. The van der Waals surface area contributed by atoms with E-state index in [1.165, 1.54) is 11.3 Å². The van der Waals surface area contributed by atoms with Crippen molar-refractivity contribution < 1.29 is 9.53 Å². The molecule has 2 heterocycles. The molecule has 1 N–H and O–H groups in total. The number of halogens is 1. The van der Waals surface area contributed by atoms with Crippen molar-refractivity contribution in [1.29, 1.82) is 0 Å². The Hall–Kier alpha value is -2.44. The SMILES string of the molecule is O=C(Cc1csc(-c2ccccn2)n1)NCCCCOc1ccc(Cl)cc1. The molecular weight excluding hydrogens is 382 g/mol. The van der Waals surface area contributed by atoms with Gasteiger partial charge in [-0.25, -0.2) is 4.98 Å². The summed E-state index contributed by atoms with van der Waals surface area (Å²) in [6, 6.07) is 13.0. The molecule has 2 aromatic heterocycles. The number of pyridine rings is 1. The van der Waals surface area contributed by atoms with Crippen molar-refractivity contribution in [1.82, 2.24) is 15.3 Å². The molecule has 0 aliphatic carbocycles. The van der Waals surface area contributed by atoms with Gasteiger partial charge in [-0.2, -0.15) is 0 Å². The monoisotopic (exact) mass is 401 g/mol. The molecule has 3 aromatic rings. The Morgan fingerprint density at radius 3 is 2.78 bits per heavy atom. The highest BCUT2D eigenvalue weighted by Gasteiger charge is 2.09. The molecule has 0 atom stereocenters. The first-order valence-electron chi connectivity index (χ1n) is 8.71. The van der Waals surface area contributed by atoms with E-state index in [9.17, 15) is 4.79 Å². The van der Waals surface area contributed by atoms with Gasteiger partial charge in [0.05, 0.1) is 24.4 Å². The molecule has 3 rings (SSSR count). The number of carbonyl (C=O) groups excluding carboxylic acids is 1. The van der Waals surface area contributed by atoms with E-state index in [0.29, 0.717) is 18.2 Å². The van der Waals surface area contributed by atoms with E-state index < -0.39 is 0 Å². The maximum absolute atomic E-state index is 12.0. The number of unbranched alkanes of at least 4 members (excludes halogenated alkanes) is 1. The molecule has 140 valence electrons. The van der Waals surface area contributed by atoms with Crippen molar-refractivity contribution >= 4 is 28.8 Å². The smallest absolute Gasteiger partial charge is 0.226 e. The van der Waals surface area contributed by atoms with Gasteiger partial charge in [-0.05, 0) is 49.2 Å². The van der Waals surface area contributed by atoms with Gasteiger partial charge in [0, 0.05) is 23.1 Å². The molecule has 0 saturated carbocycles. The predicted molar refractivity (Wildman–Crippen MR) is 108 cm³/mol. The van der Waals surface area contributed by atoms with Crippen LogP contribution in [0, 0.1) is 0 Å². The minimum atomic E-state index is -0.0218. The van der Waals surface area contributed by atoms with E-state index in [2.05, 4.69) is 15.3 Å². The van der Waals surface area contributed by atoms with Crippen LogP contribution < -0.4 is 10.1 Å². The third-order valence-corrected chi connectivity index (χ3v) is 4.92. The van der Waals surface area contributed by atoms with Crippen LogP contribution in [0.1, 0.15) is 18.5 Å². The number of amides is 1. The van der Waals surface area contributed by atoms with Crippen molar-refractivity contribution in [3.05, 3.63) is 64.8 Å². The average Bonchev–Trinajstić information content (AvgIpc) is 3.15. The number of hydrogen-bond donors (Lipinski definition) is 1. The fourth-order valence-electron chi connectivity index (χ4n) is 2.40. The molecule has 0 bridgehead atoms. The third kappa shape index (κ3) is 6.34. The van der Waals surface area contributed by atoms with E-state index in [1.54, 1.807) is 18.3 Å². The van der Waals surface area contributed by atoms with Gasteiger partial charge in [-0.1, -0.05) is 17.7 Å². The second kappa shape index (κ2) is 10.0. The first-order chi connectivity index (χ1) is 13.2. The fraction of sp³-hybridized carbons (Fsp3) is 0.250. The number of rotatable bonds is 9. The van der Waals surface area contributed by atoms with E-state index in [1.807, 2.05) is 35.7 Å². The van der Waals surface area contributed by atoms with Gasteiger partial charge >= 0.3 is 0 Å². The summed E-state index contributed by atoms with van der Waals surface area (Å²) in [5.41, 5.74) is 1.60. The average molecular weight is 402 g/mol. The lowest BCUT2D eigenvalue weighted by molar-refractivity contribution is -0.120. The summed E-state index contributed by atoms with van der Waals surface area (Å²) in [4.78, 5) is 20.8. The van der Waals surface area contributed by atoms with Crippen LogP contribution in [-0.2, 0) is 11.2 Å². The van der Waals surface area contributed by atoms with E-state index in [0.717, 1.165) is 35.0 Å². The van der Waals surface area contributed by atoms with Crippen LogP contribution in [0.4, 0.5) is 0 Å². The second-order valence-corrected chi connectivity index (χ2v) is 7.19. The molecule has 0 spiro atoms. The zero-order valence-corrected chi connectivity index (χ0v) is 16.3. The Morgan fingerprint density at radius 2 is 2.00 bits per heavy atom. The number of nitrogens with zero attached hydrogens (tertiary/aromatic N) is 2. The maximum Gasteiger partial charge on any atom is 0.226 e. The first-order valence-corrected chi connectivity index (χ1v) is 9.97. The maximum atomic E-state index is 12.0. The van der Waals surface area contributed by atoms with Crippen LogP contribution in [0.15, 0.2) is 54.0 Å². The zero-order chi connectivity index (χ0) is 18.9. The van der Waals surface area contributed by atoms with Crippen LogP contribution >= 0.6 is 22.9 Å². The number of ether oxygens (including phenoxy) is 1. The van der Waals surface area contributed by atoms with Gasteiger partial charge in [-0.15, -0.1) is 11.3 Å². The van der Waals surface area contributed by atoms with Crippen LogP contribution in [0.2, 0.25) is 5.02 Å². The van der Waals surface area contributed by atoms with Crippen LogP contribution in [0.3, 0.4) is 0 Å². The number of hydrogen-bond acceptors (Lipinski definition) is 5. The predicted octanol–water partition coefficient (Wildman–Crippen LogP) is 4.38. The molecule has 0 aliphatic rings. The summed E-state index contributed by atoms with van der Waals surface area (Å²) in [5.74, 6) is 0.780. The Bertz CT molecular complexity index is 853. The number of carbonyl (C=O) groups is 1. The minimum Gasteiger partial charge on any atom is -0.494 e. The van der Waals surface area contributed by atoms with Crippen LogP contribution in [0.5, 0.6) is 5.75 Å². The Morgan fingerprint density at radius 1 is 1.15 bits per heavy atom. The molecule has 1 amide bonds. The lowest BCUT2D eigenvalue weighted by atomic mass is 10.3. The first kappa shape index (κ1) is 19.3. The molecular formula is C20H20ClN3O2S. The molecule has 0 aliphatic heterocycles. The summed E-state index contributed by atoms with van der Waals surface area (Å²) >= 11 is 7.33. The highest BCUT2D eigenvalue weighted by Crippen LogP contribution is 2.21. The molecule has 7 heteroatoms. The van der Waals surface area contributed by atoms with Crippen molar-refractivity contribution in [3.8, 4) is 16.5 Å². The molecule has 0 radical (unpaired) electrons. The Kier molecular flexibility index (Phi) is 7.19. The van der Waals surface area contributed by atoms with Gasteiger partial charge in [0.2, 0.25) is 5.91 Å². The van der Waals surface area contributed by atoms with Gasteiger partial charge in [-0.3, -0.25) is 9.78 Å². The molecule has 0 unspecified atom stereocenters. The Balaban J connectivity index is 1.32. The highest BCUT2D eigenvalue weighted by molar-refractivity contribution is 7.13. The van der Waals surface area contributed by atoms with E-state index in [4.69, 9.17) is 16.3 Å². The highest BCUT2D eigenvalue weighted by atomic mass is 35.5. The summed E-state index contributed by atoms with van der Waals surface area (Å²) in [6.45, 7) is 1.23. The standard InChI is InChI=1S/C20H20ClN3O2S/c21-15-6-8-17(9-7-15)26-12-4-3-11-23-19(25)13-16-14-27-20(24-16)18-5-1-2-10-22-18/h1-2,5-10,14H,3-4,11-13H2,(H,23,25). The van der Waals surface area contributed by atoms with Gasteiger partial charge in [0.25, 0.3) is 0 Å². The lowest BCUT2D eigenvalue weighted by Crippen LogP contribution is -2.26. The molecule has 5 nitrogen and oxygen atoms in total. The Labute approximate surface area is 167 Å².